The van der Waals surface area contributed by atoms with Crippen molar-refractivity contribution < 1.29 is 9.53 Å². The molecule has 0 fully saturated rings. The summed E-state index contributed by atoms with van der Waals surface area (Å²) < 4.78 is 5.74. The number of carbonyl (C=O) groups is 1. The van der Waals surface area contributed by atoms with E-state index in [4.69, 9.17) is 4.74 Å². The van der Waals surface area contributed by atoms with Crippen LogP contribution in [0.3, 0.4) is 0 Å². The van der Waals surface area contributed by atoms with Gasteiger partial charge in [-0.15, -0.1) is 5.10 Å². The van der Waals surface area contributed by atoms with Gasteiger partial charge in [-0.1, -0.05) is 28.1 Å². The maximum absolute atomic E-state index is 11.6. The number of benzene rings is 1. The number of aromatic amines is 1. The van der Waals surface area contributed by atoms with Gasteiger partial charge in [-0.3, -0.25) is 10.1 Å². The molecule has 0 aliphatic carbocycles. The van der Waals surface area contributed by atoms with E-state index in [-0.39, 0.29) is 17.9 Å². The molecule has 0 spiro atoms. The third-order valence-electron chi connectivity index (χ3n) is 2.16. The van der Waals surface area contributed by atoms with Crippen molar-refractivity contribution in [3.63, 3.8) is 0 Å². The molecule has 1 aromatic heterocycles. The maximum Gasteiger partial charge on any atom is 0.336 e. The van der Waals surface area contributed by atoms with Crippen LogP contribution in [0.15, 0.2) is 34.8 Å². The minimum absolute atomic E-state index is 0.172. The molecule has 0 saturated carbocycles. The Hall–Kier alpha value is -2.15. The topological polar surface area (TPSA) is 79.9 Å². The lowest BCUT2D eigenvalue weighted by molar-refractivity contribution is -0.111. The number of ether oxygens (including phenoxy) is 1. The number of carbonyl (C=O) groups excluding carboxylic acids is 1. The summed E-state index contributed by atoms with van der Waals surface area (Å²) >= 11 is 3.36. The Morgan fingerprint density at radius 3 is 3.05 bits per heavy atom. The van der Waals surface area contributed by atoms with Gasteiger partial charge in [0.05, 0.1) is 7.11 Å². The summed E-state index contributed by atoms with van der Waals surface area (Å²) in [6.07, 6.45) is 3.12. The van der Waals surface area contributed by atoms with Crippen molar-refractivity contribution in [3.05, 3.63) is 40.4 Å². The van der Waals surface area contributed by atoms with Crippen LogP contribution in [0.2, 0.25) is 0 Å². The van der Waals surface area contributed by atoms with Crippen molar-refractivity contribution in [1.29, 1.82) is 0 Å². The predicted molar refractivity (Wildman–Crippen MR) is 74.7 cm³/mol. The van der Waals surface area contributed by atoms with Gasteiger partial charge in [-0.25, -0.2) is 5.10 Å². The van der Waals surface area contributed by atoms with E-state index >= 15 is 0 Å². The van der Waals surface area contributed by atoms with E-state index in [1.54, 1.807) is 6.08 Å². The molecule has 7 heteroatoms. The van der Waals surface area contributed by atoms with Crippen molar-refractivity contribution in [2.45, 2.75) is 0 Å². The molecule has 0 aliphatic heterocycles. The van der Waals surface area contributed by atoms with Crippen LogP contribution in [0.25, 0.3) is 6.08 Å². The van der Waals surface area contributed by atoms with Gasteiger partial charge in [0.25, 0.3) is 5.91 Å². The van der Waals surface area contributed by atoms with Crippen molar-refractivity contribution in [2.75, 3.05) is 12.4 Å². The molecule has 0 radical (unpaired) electrons. The summed E-state index contributed by atoms with van der Waals surface area (Å²) in [5, 5.41) is 8.78. The first-order valence-corrected chi connectivity index (χ1v) is 6.17. The van der Waals surface area contributed by atoms with Gasteiger partial charge in [0.1, 0.15) is 0 Å². The average molecular weight is 323 g/mol. The molecule has 98 valence electrons. The number of nitrogens with one attached hydrogen (secondary N) is 2. The predicted octanol–water partition coefficient (Wildman–Crippen LogP) is 2.23. The second kappa shape index (κ2) is 6.14. The highest BCUT2D eigenvalue weighted by molar-refractivity contribution is 9.10. The lowest BCUT2D eigenvalue weighted by Crippen LogP contribution is -2.09. The number of halogens is 1. The van der Waals surface area contributed by atoms with Gasteiger partial charge in [0.2, 0.25) is 5.95 Å². The summed E-state index contributed by atoms with van der Waals surface area (Å²) in [7, 11) is 1.45. The number of methoxy groups -OCH3 is 1. The SMILES string of the molecule is COc1n[nH]c(NC(=O)/C=C/c2cccc(Br)c2)n1. The molecule has 2 N–H and O–H groups in total. The first-order valence-electron chi connectivity index (χ1n) is 5.38. The van der Waals surface area contributed by atoms with Crippen LogP contribution < -0.4 is 10.1 Å². The van der Waals surface area contributed by atoms with Crippen LogP contribution in [0.1, 0.15) is 5.56 Å². The molecule has 19 heavy (non-hydrogen) atoms. The van der Waals surface area contributed by atoms with E-state index in [2.05, 4.69) is 36.4 Å². The normalized spacial score (nSPS) is 10.6. The zero-order chi connectivity index (χ0) is 13.7. The lowest BCUT2D eigenvalue weighted by atomic mass is 10.2. The fourth-order valence-corrected chi connectivity index (χ4v) is 1.75. The zero-order valence-electron chi connectivity index (χ0n) is 10.1. The summed E-state index contributed by atoms with van der Waals surface area (Å²) in [5.74, 6) is -0.0699. The van der Waals surface area contributed by atoms with E-state index < -0.39 is 0 Å². The second-order valence-electron chi connectivity index (χ2n) is 3.55. The van der Waals surface area contributed by atoms with Gasteiger partial charge >= 0.3 is 6.01 Å². The van der Waals surface area contributed by atoms with Crippen molar-refractivity contribution in [2.24, 2.45) is 0 Å². The van der Waals surface area contributed by atoms with E-state index in [0.29, 0.717) is 0 Å². The quantitative estimate of drug-likeness (QED) is 0.846. The van der Waals surface area contributed by atoms with Crippen LogP contribution in [0, 0.1) is 0 Å². The van der Waals surface area contributed by atoms with Crippen LogP contribution in [0.4, 0.5) is 5.95 Å². The van der Waals surface area contributed by atoms with Gasteiger partial charge in [-0.05, 0) is 23.8 Å². The van der Waals surface area contributed by atoms with Crippen molar-refractivity contribution in [3.8, 4) is 6.01 Å². The Morgan fingerprint density at radius 2 is 2.37 bits per heavy atom. The Morgan fingerprint density at radius 1 is 1.53 bits per heavy atom. The Labute approximate surface area is 118 Å². The molecule has 0 unspecified atom stereocenters. The molecular weight excluding hydrogens is 312 g/mol. The minimum Gasteiger partial charge on any atom is -0.466 e. The monoisotopic (exact) mass is 322 g/mol. The maximum atomic E-state index is 11.6. The first kappa shape index (κ1) is 13.3. The fraction of sp³-hybridized carbons (Fsp3) is 0.0833. The minimum atomic E-state index is -0.307. The molecule has 0 saturated heterocycles. The highest BCUT2D eigenvalue weighted by Crippen LogP contribution is 2.12. The van der Waals surface area contributed by atoms with Gasteiger partial charge in [-0.2, -0.15) is 4.98 Å². The third kappa shape index (κ3) is 3.92. The Balaban J connectivity index is 1.97. The number of rotatable bonds is 4. The Kier molecular flexibility index (Phi) is 4.30. The number of amides is 1. The summed E-state index contributed by atoms with van der Waals surface area (Å²) in [4.78, 5) is 15.5. The van der Waals surface area contributed by atoms with Crippen molar-refractivity contribution >= 4 is 33.9 Å². The molecule has 1 aromatic carbocycles. The van der Waals surface area contributed by atoms with E-state index in [1.165, 1.54) is 13.2 Å². The number of aromatic nitrogens is 3. The van der Waals surface area contributed by atoms with Crippen LogP contribution in [0.5, 0.6) is 6.01 Å². The largest absolute Gasteiger partial charge is 0.466 e. The molecule has 6 nitrogen and oxygen atoms in total. The molecule has 0 aliphatic rings. The van der Waals surface area contributed by atoms with Crippen LogP contribution >= 0.6 is 15.9 Å². The van der Waals surface area contributed by atoms with Crippen LogP contribution in [-0.2, 0) is 4.79 Å². The summed E-state index contributed by atoms with van der Waals surface area (Å²) in [5.41, 5.74) is 0.916. The smallest absolute Gasteiger partial charge is 0.336 e. The molecule has 0 bridgehead atoms. The molecule has 2 aromatic rings. The van der Waals surface area contributed by atoms with Crippen molar-refractivity contribution in [1.82, 2.24) is 15.2 Å². The highest BCUT2D eigenvalue weighted by Gasteiger charge is 2.04. The molecule has 0 atom stereocenters. The molecular formula is C12H11BrN4O2. The molecule has 1 amide bonds. The number of nitrogens with zero attached hydrogens (tertiary/aromatic N) is 2. The summed E-state index contributed by atoms with van der Waals surface area (Å²) in [6, 6.07) is 7.78. The third-order valence-corrected chi connectivity index (χ3v) is 2.66. The summed E-state index contributed by atoms with van der Waals surface area (Å²) in [6.45, 7) is 0. The van der Waals surface area contributed by atoms with Crippen LogP contribution in [-0.4, -0.2) is 28.2 Å². The number of H-pyrrole nitrogens is 1. The van der Waals surface area contributed by atoms with E-state index in [0.717, 1.165) is 10.0 Å². The number of anilines is 1. The standard InChI is InChI=1S/C12H11BrN4O2/c1-19-12-15-11(16-17-12)14-10(18)6-5-8-3-2-4-9(13)7-8/h2-7H,1H3,(H2,14,15,16,17,18)/b6-5+. The van der Waals surface area contributed by atoms with E-state index in [1.807, 2.05) is 24.3 Å². The second-order valence-corrected chi connectivity index (χ2v) is 4.46. The van der Waals surface area contributed by atoms with Gasteiger partial charge in [0, 0.05) is 10.5 Å². The highest BCUT2D eigenvalue weighted by atomic mass is 79.9. The lowest BCUT2D eigenvalue weighted by Gasteiger charge is -1.96. The number of hydrogen-bond acceptors (Lipinski definition) is 4. The van der Waals surface area contributed by atoms with E-state index in [9.17, 15) is 4.79 Å². The molecule has 2 rings (SSSR count). The van der Waals surface area contributed by atoms with Gasteiger partial charge in [0.15, 0.2) is 0 Å². The Bertz CT molecular complexity index is 609. The number of hydrogen-bond donors (Lipinski definition) is 2. The first-order chi connectivity index (χ1) is 9.17. The average Bonchev–Trinajstić information content (AvgIpc) is 2.84. The fourth-order valence-electron chi connectivity index (χ4n) is 1.33. The molecule has 1 heterocycles. The van der Waals surface area contributed by atoms with Gasteiger partial charge < -0.3 is 4.74 Å². The zero-order valence-corrected chi connectivity index (χ0v) is 11.6.